The van der Waals surface area contributed by atoms with Crippen molar-refractivity contribution in [2.24, 2.45) is 0 Å². The summed E-state index contributed by atoms with van der Waals surface area (Å²) >= 11 is 6.34. The van der Waals surface area contributed by atoms with E-state index in [1.54, 1.807) is 17.1 Å². The number of aryl methyl sites for hydroxylation is 2. The van der Waals surface area contributed by atoms with Crippen molar-refractivity contribution >= 4 is 23.6 Å². The van der Waals surface area contributed by atoms with E-state index >= 15 is 0 Å². The molecule has 0 bridgehead atoms. The molecule has 21 heavy (non-hydrogen) atoms. The molecule has 0 radical (unpaired) electrons. The van der Waals surface area contributed by atoms with Crippen LogP contribution in [0.3, 0.4) is 0 Å². The number of likely N-dealkylation sites (N-methyl/N-ethyl adjacent to an activating group) is 1. The molecule has 1 atom stereocenters. The molecular formula is C16H26ClN3O. The summed E-state index contributed by atoms with van der Waals surface area (Å²) in [5, 5.41) is 5.04. The van der Waals surface area contributed by atoms with E-state index in [0.717, 1.165) is 37.1 Å². The van der Waals surface area contributed by atoms with Crippen molar-refractivity contribution in [1.82, 2.24) is 14.7 Å². The quantitative estimate of drug-likeness (QED) is 0.716. The lowest BCUT2D eigenvalue weighted by Gasteiger charge is -2.22. The second-order valence-corrected chi connectivity index (χ2v) is 5.76. The molecule has 1 amide bonds. The average molecular weight is 312 g/mol. The van der Waals surface area contributed by atoms with Gasteiger partial charge in [0.1, 0.15) is 5.15 Å². The van der Waals surface area contributed by atoms with Crippen molar-refractivity contribution < 1.29 is 4.79 Å². The summed E-state index contributed by atoms with van der Waals surface area (Å²) in [6, 6.07) is 0.228. The Kier molecular flexibility index (Phi) is 6.96. The van der Waals surface area contributed by atoms with Crippen molar-refractivity contribution in [3.05, 3.63) is 22.5 Å². The SMILES string of the molecule is CCCCn1nc(C)c(/C=C/C(=O)N(C)C(C)CC)c1Cl. The van der Waals surface area contributed by atoms with Gasteiger partial charge in [0, 0.05) is 31.3 Å². The van der Waals surface area contributed by atoms with Gasteiger partial charge < -0.3 is 4.90 Å². The lowest BCUT2D eigenvalue weighted by molar-refractivity contribution is -0.126. The van der Waals surface area contributed by atoms with Crippen molar-refractivity contribution in [3.63, 3.8) is 0 Å². The van der Waals surface area contributed by atoms with Crippen molar-refractivity contribution in [3.8, 4) is 0 Å². The number of aromatic nitrogens is 2. The van der Waals surface area contributed by atoms with Crippen molar-refractivity contribution in [1.29, 1.82) is 0 Å². The minimum atomic E-state index is -0.0128. The molecule has 1 rings (SSSR count). The summed E-state index contributed by atoms with van der Waals surface area (Å²) in [6.07, 6.45) is 6.42. The normalized spacial score (nSPS) is 12.9. The van der Waals surface area contributed by atoms with Crippen LogP contribution in [-0.4, -0.2) is 33.7 Å². The lowest BCUT2D eigenvalue weighted by atomic mass is 10.2. The Morgan fingerprint density at radius 2 is 2.14 bits per heavy atom. The molecule has 0 aromatic carbocycles. The van der Waals surface area contributed by atoms with Crippen LogP contribution in [0.4, 0.5) is 0 Å². The number of nitrogens with zero attached hydrogens (tertiary/aromatic N) is 3. The van der Waals surface area contributed by atoms with Gasteiger partial charge in [-0.05, 0) is 32.8 Å². The maximum atomic E-state index is 12.1. The number of hydrogen-bond donors (Lipinski definition) is 0. The minimum Gasteiger partial charge on any atom is -0.340 e. The molecule has 0 saturated heterocycles. The van der Waals surface area contributed by atoms with Gasteiger partial charge in [-0.15, -0.1) is 0 Å². The summed E-state index contributed by atoms with van der Waals surface area (Å²) in [5.41, 5.74) is 1.69. The molecule has 1 heterocycles. The summed E-state index contributed by atoms with van der Waals surface area (Å²) in [6.45, 7) is 8.96. The number of amides is 1. The monoisotopic (exact) mass is 311 g/mol. The van der Waals surface area contributed by atoms with Crippen LogP contribution in [0, 0.1) is 6.92 Å². The standard InChI is InChI=1S/C16H26ClN3O/c1-6-8-11-20-16(17)14(13(4)18-20)9-10-15(21)19(5)12(3)7-2/h9-10,12H,6-8,11H2,1-5H3/b10-9+. The van der Waals surface area contributed by atoms with Gasteiger partial charge in [0.25, 0.3) is 0 Å². The van der Waals surface area contributed by atoms with Gasteiger partial charge in [0.2, 0.25) is 5.91 Å². The highest BCUT2D eigenvalue weighted by Gasteiger charge is 2.13. The van der Waals surface area contributed by atoms with Gasteiger partial charge >= 0.3 is 0 Å². The maximum absolute atomic E-state index is 12.1. The summed E-state index contributed by atoms with van der Waals surface area (Å²) in [7, 11) is 1.82. The van der Waals surface area contributed by atoms with E-state index in [0.29, 0.717) is 5.15 Å². The van der Waals surface area contributed by atoms with Crippen LogP contribution in [-0.2, 0) is 11.3 Å². The molecule has 1 unspecified atom stereocenters. The third-order valence-electron chi connectivity index (χ3n) is 3.83. The highest BCUT2D eigenvalue weighted by molar-refractivity contribution is 6.31. The Bertz CT molecular complexity index is 508. The van der Waals surface area contributed by atoms with Gasteiger partial charge in [0.15, 0.2) is 0 Å². The average Bonchev–Trinajstić information content (AvgIpc) is 2.75. The van der Waals surface area contributed by atoms with Crippen LogP contribution < -0.4 is 0 Å². The van der Waals surface area contributed by atoms with E-state index in [9.17, 15) is 4.79 Å². The first kappa shape index (κ1) is 17.8. The van der Waals surface area contributed by atoms with Gasteiger partial charge in [-0.2, -0.15) is 5.10 Å². The topological polar surface area (TPSA) is 38.1 Å². The fourth-order valence-electron chi connectivity index (χ4n) is 1.98. The second kappa shape index (κ2) is 8.23. The number of halogens is 1. The molecule has 5 heteroatoms. The Labute approximate surface area is 132 Å². The van der Waals surface area contributed by atoms with Crippen molar-refractivity contribution in [2.45, 2.75) is 59.5 Å². The van der Waals surface area contributed by atoms with E-state index in [-0.39, 0.29) is 11.9 Å². The number of unbranched alkanes of at least 4 members (excludes halogenated alkanes) is 1. The van der Waals surface area contributed by atoms with E-state index in [1.807, 2.05) is 25.6 Å². The predicted molar refractivity (Wildman–Crippen MR) is 88.4 cm³/mol. The zero-order valence-electron chi connectivity index (χ0n) is 13.7. The first-order valence-electron chi connectivity index (χ1n) is 7.60. The molecule has 0 aliphatic carbocycles. The number of carbonyl (C=O) groups excluding carboxylic acids is 1. The van der Waals surface area contributed by atoms with Crippen LogP contribution in [0.5, 0.6) is 0 Å². The van der Waals surface area contributed by atoms with Crippen LogP contribution >= 0.6 is 11.6 Å². The molecule has 1 aromatic heterocycles. The van der Waals surface area contributed by atoms with Gasteiger partial charge in [-0.3, -0.25) is 9.48 Å². The Hall–Kier alpha value is -1.29. The Balaban J connectivity index is 2.85. The molecule has 0 N–H and O–H groups in total. The molecule has 1 aromatic rings. The van der Waals surface area contributed by atoms with Gasteiger partial charge in [-0.25, -0.2) is 0 Å². The third kappa shape index (κ3) is 4.60. The molecule has 0 saturated carbocycles. The molecule has 4 nitrogen and oxygen atoms in total. The summed E-state index contributed by atoms with van der Waals surface area (Å²) < 4.78 is 1.81. The number of hydrogen-bond acceptors (Lipinski definition) is 2. The Morgan fingerprint density at radius 1 is 1.48 bits per heavy atom. The highest BCUT2D eigenvalue weighted by atomic mass is 35.5. The largest absolute Gasteiger partial charge is 0.340 e. The molecule has 118 valence electrons. The second-order valence-electron chi connectivity index (χ2n) is 5.41. The molecule has 0 spiro atoms. The minimum absolute atomic E-state index is 0.0128. The zero-order valence-corrected chi connectivity index (χ0v) is 14.4. The lowest BCUT2D eigenvalue weighted by Crippen LogP contribution is -2.33. The van der Waals surface area contributed by atoms with E-state index in [1.165, 1.54) is 0 Å². The van der Waals surface area contributed by atoms with Crippen molar-refractivity contribution in [2.75, 3.05) is 7.05 Å². The molecule has 0 aliphatic rings. The fourth-order valence-corrected chi connectivity index (χ4v) is 2.30. The fraction of sp³-hybridized carbons (Fsp3) is 0.625. The van der Waals surface area contributed by atoms with Gasteiger partial charge in [-0.1, -0.05) is 31.9 Å². The van der Waals surface area contributed by atoms with Crippen LogP contribution in [0.15, 0.2) is 6.08 Å². The summed E-state index contributed by atoms with van der Waals surface area (Å²) in [5.74, 6) is -0.0128. The Morgan fingerprint density at radius 3 is 2.71 bits per heavy atom. The third-order valence-corrected chi connectivity index (χ3v) is 4.22. The first-order valence-corrected chi connectivity index (χ1v) is 7.97. The van der Waals surface area contributed by atoms with E-state index in [2.05, 4.69) is 18.9 Å². The van der Waals surface area contributed by atoms with Crippen LogP contribution in [0.25, 0.3) is 6.08 Å². The van der Waals surface area contributed by atoms with Crippen LogP contribution in [0.1, 0.15) is 51.3 Å². The predicted octanol–water partition coefficient (Wildman–Crippen LogP) is 3.92. The maximum Gasteiger partial charge on any atom is 0.246 e. The van der Waals surface area contributed by atoms with E-state index < -0.39 is 0 Å². The molecule has 0 aliphatic heterocycles. The smallest absolute Gasteiger partial charge is 0.246 e. The highest BCUT2D eigenvalue weighted by Crippen LogP contribution is 2.22. The number of rotatable bonds is 7. The molecule has 0 fully saturated rings. The summed E-state index contributed by atoms with van der Waals surface area (Å²) in [4.78, 5) is 13.8. The van der Waals surface area contributed by atoms with Crippen LogP contribution in [0.2, 0.25) is 5.15 Å². The first-order chi connectivity index (χ1) is 9.92. The molecular weight excluding hydrogens is 286 g/mol. The zero-order chi connectivity index (χ0) is 16.0. The number of carbonyl (C=O) groups is 1. The van der Waals surface area contributed by atoms with E-state index in [4.69, 9.17) is 11.6 Å². The van der Waals surface area contributed by atoms with Gasteiger partial charge in [0.05, 0.1) is 5.69 Å².